The Balaban J connectivity index is 1.72. The van der Waals surface area contributed by atoms with Crippen molar-refractivity contribution in [1.82, 2.24) is 24.8 Å². The quantitative estimate of drug-likeness (QED) is 0.623. The Hall–Kier alpha value is -2.77. The lowest BCUT2D eigenvalue weighted by Crippen LogP contribution is -2.30. The second-order valence-corrected chi connectivity index (χ2v) is 7.08. The third-order valence-corrected chi connectivity index (χ3v) is 5.31. The predicted molar refractivity (Wildman–Crippen MR) is 112 cm³/mol. The van der Waals surface area contributed by atoms with Crippen molar-refractivity contribution in [1.29, 1.82) is 0 Å². The van der Waals surface area contributed by atoms with E-state index in [-0.39, 0.29) is 12.1 Å². The summed E-state index contributed by atoms with van der Waals surface area (Å²) in [5.74, 6) is 0. The first-order valence-corrected chi connectivity index (χ1v) is 9.70. The topological polar surface area (TPSA) is 55.2 Å². The molecule has 1 aliphatic heterocycles. The maximum Gasteiger partial charge on any atom is 0.170 e. The molecule has 1 saturated heterocycles. The van der Waals surface area contributed by atoms with Crippen LogP contribution in [0.15, 0.2) is 67.1 Å². The van der Waals surface area contributed by atoms with Crippen LogP contribution in [0.3, 0.4) is 0 Å². The number of rotatable bonds is 7. The van der Waals surface area contributed by atoms with Gasteiger partial charge < -0.3 is 19.5 Å². The number of nitrogens with one attached hydrogen (secondary N) is 1. The highest BCUT2D eigenvalue weighted by Crippen LogP contribution is 2.39. The molecule has 2 atom stereocenters. The van der Waals surface area contributed by atoms with Gasteiger partial charge in [-0.2, -0.15) is 0 Å². The third-order valence-electron chi connectivity index (χ3n) is 4.96. The fourth-order valence-electron chi connectivity index (χ4n) is 3.65. The van der Waals surface area contributed by atoms with E-state index in [0.29, 0.717) is 18.3 Å². The molecule has 4 rings (SSSR count). The number of methoxy groups -OCH3 is 1. The van der Waals surface area contributed by atoms with Crippen LogP contribution < -0.4 is 5.32 Å². The largest absolute Gasteiger partial charge is 0.383 e. The molecule has 0 aliphatic carbocycles. The van der Waals surface area contributed by atoms with E-state index < -0.39 is 0 Å². The lowest BCUT2D eigenvalue weighted by Gasteiger charge is -2.28. The van der Waals surface area contributed by atoms with E-state index in [1.165, 1.54) is 5.69 Å². The molecule has 1 fully saturated rings. The molecule has 4 heterocycles. The fourth-order valence-corrected chi connectivity index (χ4v) is 3.96. The molecule has 0 amide bonds. The maximum atomic E-state index is 5.72. The number of nitrogens with zero attached hydrogens (tertiary/aromatic N) is 4. The SMILES string of the molecule is COCCn1cccc1[C@H]1[C@H](c2ccccn2)NC(=S)N1Cc1ccccn1. The average molecular weight is 394 g/mol. The molecule has 144 valence electrons. The Bertz CT molecular complexity index is 915. The Morgan fingerprint density at radius 1 is 1.07 bits per heavy atom. The molecule has 0 unspecified atom stereocenters. The first kappa shape index (κ1) is 18.6. The van der Waals surface area contributed by atoms with Crippen LogP contribution in [0, 0.1) is 0 Å². The Labute approximate surface area is 170 Å². The van der Waals surface area contributed by atoms with Crippen molar-refractivity contribution in [3.8, 4) is 0 Å². The summed E-state index contributed by atoms with van der Waals surface area (Å²) in [5.41, 5.74) is 3.13. The summed E-state index contributed by atoms with van der Waals surface area (Å²) in [6.07, 6.45) is 5.72. The summed E-state index contributed by atoms with van der Waals surface area (Å²) in [4.78, 5) is 11.3. The Morgan fingerprint density at radius 2 is 1.89 bits per heavy atom. The standard InChI is InChI=1S/C21H23N5OS/c1-27-14-13-25-12-6-9-18(25)20-19(17-8-3-5-11-23-17)24-21(28)26(20)15-16-7-2-4-10-22-16/h2-12,19-20H,13-15H2,1H3,(H,24,28)/t19-,20-/m0/s1. The number of hydrogen-bond acceptors (Lipinski definition) is 4. The van der Waals surface area contributed by atoms with Gasteiger partial charge in [-0.1, -0.05) is 12.1 Å². The van der Waals surface area contributed by atoms with Crippen LogP contribution in [0.5, 0.6) is 0 Å². The maximum absolute atomic E-state index is 5.72. The van der Waals surface area contributed by atoms with E-state index in [4.69, 9.17) is 17.0 Å². The van der Waals surface area contributed by atoms with Crippen LogP contribution in [0.2, 0.25) is 0 Å². The zero-order chi connectivity index (χ0) is 19.3. The van der Waals surface area contributed by atoms with Crippen LogP contribution >= 0.6 is 12.2 Å². The van der Waals surface area contributed by atoms with Crippen molar-refractivity contribution >= 4 is 17.3 Å². The summed E-state index contributed by atoms with van der Waals surface area (Å²) in [6.45, 7) is 2.07. The highest BCUT2D eigenvalue weighted by atomic mass is 32.1. The summed E-state index contributed by atoms with van der Waals surface area (Å²) in [6, 6.07) is 16.1. The number of ether oxygens (including phenoxy) is 1. The van der Waals surface area contributed by atoms with Crippen LogP contribution in [-0.4, -0.2) is 38.3 Å². The Morgan fingerprint density at radius 3 is 2.61 bits per heavy atom. The van der Waals surface area contributed by atoms with Crippen molar-refractivity contribution in [3.05, 3.63) is 84.2 Å². The van der Waals surface area contributed by atoms with Crippen LogP contribution in [0.1, 0.15) is 29.2 Å². The zero-order valence-corrected chi connectivity index (χ0v) is 16.5. The Kier molecular flexibility index (Phi) is 5.64. The number of aromatic nitrogens is 3. The first-order valence-electron chi connectivity index (χ1n) is 9.30. The second-order valence-electron chi connectivity index (χ2n) is 6.69. The molecule has 3 aromatic heterocycles. The molecular formula is C21H23N5OS. The molecule has 0 bridgehead atoms. The molecule has 0 saturated carbocycles. The zero-order valence-electron chi connectivity index (χ0n) is 15.7. The van der Waals surface area contributed by atoms with Crippen molar-refractivity contribution < 1.29 is 4.74 Å². The van der Waals surface area contributed by atoms with Gasteiger partial charge in [0, 0.05) is 37.9 Å². The van der Waals surface area contributed by atoms with Crippen LogP contribution in [0.4, 0.5) is 0 Å². The van der Waals surface area contributed by atoms with E-state index in [1.807, 2.05) is 48.8 Å². The first-order chi connectivity index (χ1) is 13.8. The van der Waals surface area contributed by atoms with Gasteiger partial charge in [-0.05, 0) is 48.6 Å². The monoisotopic (exact) mass is 393 g/mol. The van der Waals surface area contributed by atoms with Gasteiger partial charge in [-0.15, -0.1) is 0 Å². The predicted octanol–water partition coefficient (Wildman–Crippen LogP) is 3.10. The van der Waals surface area contributed by atoms with Gasteiger partial charge >= 0.3 is 0 Å². The van der Waals surface area contributed by atoms with Crippen molar-refractivity contribution in [2.45, 2.75) is 25.2 Å². The lowest BCUT2D eigenvalue weighted by atomic mass is 10.0. The van der Waals surface area contributed by atoms with E-state index in [1.54, 1.807) is 7.11 Å². The summed E-state index contributed by atoms with van der Waals surface area (Å²) in [5, 5.41) is 4.20. The molecule has 0 aromatic carbocycles. The fraction of sp³-hybridized carbons (Fsp3) is 0.286. The van der Waals surface area contributed by atoms with Gasteiger partial charge in [0.1, 0.15) is 0 Å². The molecule has 7 heteroatoms. The molecule has 28 heavy (non-hydrogen) atoms. The van der Waals surface area contributed by atoms with Gasteiger partial charge in [-0.3, -0.25) is 9.97 Å². The van der Waals surface area contributed by atoms with Crippen LogP contribution in [0.25, 0.3) is 0 Å². The smallest absolute Gasteiger partial charge is 0.170 e. The highest BCUT2D eigenvalue weighted by Gasteiger charge is 2.41. The van der Waals surface area contributed by atoms with Gasteiger partial charge in [0.25, 0.3) is 0 Å². The molecule has 3 aromatic rings. The molecule has 0 spiro atoms. The van der Waals surface area contributed by atoms with E-state index in [0.717, 1.165) is 17.9 Å². The second kappa shape index (κ2) is 8.50. The van der Waals surface area contributed by atoms with Crippen LogP contribution in [-0.2, 0) is 17.8 Å². The molecule has 1 N–H and O–H groups in total. The number of hydrogen-bond donors (Lipinski definition) is 1. The number of pyridine rings is 2. The lowest BCUT2D eigenvalue weighted by molar-refractivity contribution is 0.183. The average Bonchev–Trinajstić information content (AvgIpc) is 3.32. The van der Waals surface area contributed by atoms with E-state index in [9.17, 15) is 0 Å². The normalized spacial score (nSPS) is 19.0. The van der Waals surface area contributed by atoms with Crippen molar-refractivity contribution in [2.75, 3.05) is 13.7 Å². The summed E-state index contributed by atoms with van der Waals surface area (Å²) < 4.78 is 7.52. The molecule has 6 nitrogen and oxygen atoms in total. The van der Waals surface area contributed by atoms with Crippen molar-refractivity contribution in [3.63, 3.8) is 0 Å². The molecular weight excluding hydrogens is 370 g/mol. The minimum Gasteiger partial charge on any atom is -0.383 e. The van der Waals surface area contributed by atoms with E-state index in [2.05, 4.69) is 43.1 Å². The minimum absolute atomic E-state index is 0.0104. The molecule has 0 radical (unpaired) electrons. The van der Waals surface area contributed by atoms with Gasteiger partial charge in [0.2, 0.25) is 0 Å². The summed E-state index contributed by atoms with van der Waals surface area (Å²) >= 11 is 5.72. The number of thiocarbonyl (C=S) groups is 1. The van der Waals surface area contributed by atoms with Gasteiger partial charge in [0.05, 0.1) is 36.6 Å². The molecule has 1 aliphatic rings. The minimum atomic E-state index is -0.0337. The van der Waals surface area contributed by atoms with Gasteiger partial charge in [-0.25, -0.2) is 0 Å². The van der Waals surface area contributed by atoms with Gasteiger partial charge in [0.15, 0.2) is 5.11 Å². The van der Waals surface area contributed by atoms with Crippen molar-refractivity contribution in [2.24, 2.45) is 0 Å². The third kappa shape index (κ3) is 3.76. The van der Waals surface area contributed by atoms with E-state index >= 15 is 0 Å². The highest BCUT2D eigenvalue weighted by molar-refractivity contribution is 7.80. The summed E-state index contributed by atoms with van der Waals surface area (Å²) in [7, 11) is 1.72.